The lowest BCUT2D eigenvalue weighted by Crippen LogP contribution is -2.46. The number of amidine groups is 1. The van der Waals surface area contributed by atoms with Crippen LogP contribution in [0.3, 0.4) is 0 Å². The molecule has 6 heteroatoms. The molecule has 2 atom stereocenters. The molecule has 1 aromatic heterocycles. The molecule has 116 valence electrons. The van der Waals surface area contributed by atoms with E-state index in [1.54, 1.807) is 0 Å². The van der Waals surface area contributed by atoms with Crippen molar-refractivity contribution >= 4 is 11.7 Å². The van der Waals surface area contributed by atoms with E-state index >= 15 is 0 Å². The van der Waals surface area contributed by atoms with Crippen LogP contribution in [0.15, 0.2) is 0 Å². The van der Waals surface area contributed by atoms with Crippen LogP contribution in [0.2, 0.25) is 0 Å². The zero-order chi connectivity index (χ0) is 15.6. The molecular weight excluding hydrogens is 266 g/mol. The zero-order valence-corrected chi connectivity index (χ0v) is 13.3. The van der Waals surface area contributed by atoms with Gasteiger partial charge in [-0.15, -0.1) is 5.10 Å². The van der Waals surface area contributed by atoms with Crippen molar-refractivity contribution in [3.63, 3.8) is 0 Å². The smallest absolute Gasteiger partial charge is 0.162 e. The summed E-state index contributed by atoms with van der Waals surface area (Å²) in [6, 6.07) is 0. The number of anilines is 1. The highest BCUT2D eigenvalue weighted by atomic mass is 16.5. The fourth-order valence-corrected chi connectivity index (χ4v) is 3.02. The normalized spacial score (nSPS) is 22.4. The van der Waals surface area contributed by atoms with Crippen LogP contribution in [0.1, 0.15) is 44.5 Å². The van der Waals surface area contributed by atoms with Crippen LogP contribution in [0.4, 0.5) is 5.82 Å². The third kappa shape index (κ3) is 3.15. The minimum Gasteiger partial charge on any atom is -0.384 e. The topological polar surface area (TPSA) is 88.1 Å². The first-order chi connectivity index (χ1) is 9.97. The van der Waals surface area contributed by atoms with E-state index < -0.39 is 0 Å². The molecule has 0 saturated carbocycles. The van der Waals surface area contributed by atoms with E-state index in [4.69, 9.17) is 15.9 Å². The maximum absolute atomic E-state index is 7.96. The molecule has 0 amide bonds. The molecule has 1 aliphatic heterocycles. The number of aryl methyl sites for hydroxylation is 1. The summed E-state index contributed by atoms with van der Waals surface area (Å²) in [4.78, 5) is 2.14. The van der Waals surface area contributed by atoms with Gasteiger partial charge in [0, 0.05) is 13.1 Å². The highest BCUT2D eigenvalue weighted by molar-refractivity contribution is 6.01. The first kappa shape index (κ1) is 15.7. The van der Waals surface area contributed by atoms with E-state index in [2.05, 4.69) is 22.0 Å². The molecule has 6 nitrogen and oxygen atoms in total. The van der Waals surface area contributed by atoms with Gasteiger partial charge in [-0.3, -0.25) is 5.41 Å². The van der Waals surface area contributed by atoms with Crippen LogP contribution in [0.25, 0.3) is 0 Å². The number of morpholine rings is 1. The SMILES string of the molecule is CCc1nnc(N2CC(C)OC(C)C2)c(C(=N)N)c1CC. The van der Waals surface area contributed by atoms with Crippen LogP contribution in [-0.2, 0) is 17.6 Å². The van der Waals surface area contributed by atoms with Gasteiger partial charge < -0.3 is 15.4 Å². The number of rotatable bonds is 4. The summed E-state index contributed by atoms with van der Waals surface area (Å²) in [7, 11) is 0. The van der Waals surface area contributed by atoms with Crippen LogP contribution in [-0.4, -0.2) is 41.3 Å². The molecule has 2 unspecified atom stereocenters. The lowest BCUT2D eigenvalue weighted by Gasteiger charge is -2.37. The lowest BCUT2D eigenvalue weighted by atomic mass is 10.0. The molecule has 1 aromatic rings. The Balaban J connectivity index is 2.50. The second-order valence-corrected chi connectivity index (χ2v) is 5.61. The zero-order valence-electron chi connectivity index (χ0n) is 13.3. The second kappa shape index (κ2) is 6.39. The molecule has 1 saturated heterocycles. The van der Waals surface area contributed by atoms with E-state index in [0.29, 0.717) is 0 Å². The number of nitrogen functional groups attached to an aromatic ring is 1. The molecule has 1 aliphatic rings. The maximum Gasteiger partial charge on any atom is 0.162 e. The molecule has 0 spiro atoms. The van der Waals surface area contributed by atoms with E-state index in [1.165, 1.54) is 0 Å². The summed E-state index contributed by atoms with van der Waals surface area (Å²) in [6.07, 6.45) is 1.86. The van der Waals surface area contributed by atoms with E-state index in [-0.39, 0.29) is 18.0 Å². The molecule has 21 heavy (non-hydrogen) atoms. The minimum atomic E-state index is 0.0678. The molecule has 0 aromatic carbocycles. The third-order valence-electron chi connectivity index (χ3n) is 3.82. The summed E-state index contributed by atoms with van der Waals surface area (Å²) < 4.78 is 5.76. The van der Waals surface area contributed by atoms with Gasteiger partial charge in [-0.25, -0.2) is 0 Å². The number of ether oxygens (including phenoxy) is 1. The Hall–Kier alpha value is -1.69. The average Bonchev–Trinajstić information content (AvgIpc) is 2.44. The maximum atomic E-state index is 7.96. The van der Waals surface area contributed by atoms with Gasteiger partial charge >= 0.3 is 0 Å². The van der Waals surface area contributed by atoms with Gasteiger partial charge in [0.05, 0.1) is 23.5 Å². The molecule has 0 aliphatic carbocycles. The molecule has 0 bridgehead atoms. The number of aromatic nitrogens is 2. The predicted octanol–water partition coefficient (Wildman–Crippen LogP) is 1.50. The Bertz CT molecular complexity index is 521. The van der Waals surface area contributed by atoms with Crippen LogP contribution in [0, 0.1) is 5.41 Å². The lowest BCUT2D eigenvalue weighted by molar-refractivity contribution is -0.00552. The van der Waals surface area contributed by atoms with Gasteiger partial charge in [-0.2, -0.15) is 5.10 Å². The molecule has 0 radical (unpaired) electrons. The first-order valence-electron chi connectivity index (χ1n) is 7.61. The fraction of sp³-hybridized carbons (Fsp3) is 0.667. The Labute approximate surface area is 126 Å². The van der Waals surface area contributed by atoms with Crippen molar-refractivity contribution in [3.05, 3.63) is 16.8 Å². The van der Waals surface area contributed by atoms with Gasteiger partial charge in [-0.05, 0) is 32.3 Å². The van der Waals surface area contributed by atoms with Crippen molar-refractivity contribution in [1.29, 1.82) is 5.41 Å². The van der Waals surface area contributed by atoms with Crippen LogP contribution < -0.4 is 10.6 Å². The van der Waals surface area contributed by atoms with Gasteiger partial charge in [0.2, 0.25) is 0 Å². The van der Waals surface area contributed by atoms with Gasteiger partial charge in [0.25, 0.3) is 0 Å². The van der Waals surface area contributed by atoms with Crippen LogP contribution >= 0.6 is 0 Å². The monoisotopic (exact) mass is 291 g/mol. The largest absolute Gasteiger partial charge is 0.384 e. The third-order valence-corrected chi connectivity index (χ3v) is 3.82. The molecule has 2 rings (SSSR count). The van der Waals surface area contributed by atoms with E-state index in [1.807, 2.05) is 20.8 Å². The van der Waals surface area contributed by atoms with Crippen molar-refractivity contribution < 1.29 is 4.74 Å². The highest BCUT2D eigenvalue weighted by Crippen LogP contribution is 2.26. The molecule has 3 N–H and O–H groups in total. The summed E-state index contributed by atoms with van der Waals surface area (Å²) in [6.45, 7) is 9.69. The quantitative estimate of drug-likeness (QED) is 0.648. The Morgan fingerprint density at radius 2 is 1.86 bits per heavy atom. The second-order valence-electron chi connectivity index (χ2n) is 5.61. The number of hydrogen-bond acceptors (Lipinski definition) is 5. The van der Waals surface area contributed by atoms with Crippen molar-refractivity contribution in [2.24, 2.45) is 5.73 Å². The minimum absolute atomic E-state index is 0.0678. The predicted molar refractivity (Wildman–Crippen MR) is 84.0 cm³/mol. The van der Waals surface area contributed by atoms with Crippen molar-refractivity contribution in [3.8, 4) is 0 Å². The number of nitrogens with one attached hydrogen (secondary N) is 1. The van der Waals surface area contributed by atoms with Gasteiger partial charge in [-0.1, -0.05) is 13.8 Å². The highest BCUT2D eigenvalue weighted by Gasteiger charge is 2.27. The first-order valence-corrected chi connectivity index (χ1v) is 7.61. The van der Waals surface area contributed by atoms with Crippen molar-refractivity contribution in [2.75, 3.05) is 18.0 Å². The standard InChI is InChI=1S/C15H25N5O/c1-5-11-12(6-2)18-19-15(13(11)14(16)17)20-7-9(3)21-10(4)8-20/h9-10H,5-8H2,1-4H3,(H3,16,17). The summed E-state index contributed by atoms with van der Waals surface area (Å²) >= 11 is 0. The number of nitrogens with zero attached hydrogens (tertiary/aromatic N) is 3. The van der Waals surface area contributed by atoms with E-state index in [0.717, 1.165) is 48.6 Å². The van der Waals surface area contributed by atoms with E-state index in [9.17, 15) is 0 Å². The van der Waals surface area contributed by atoms with Crippen LogP contribution in [0.5, 0.6) is 0 Å². The molecular formula is C15H25N5O. The summed E-state index contributed by atoms with van der Waals surface area (Å²) in [5, 5.41) is 16.7. The number of hydrogen-bond donors (Lipinski definition) is 2. The van der Waals surface area contributed by atoms with Crippen molar-refractivity contribution in [1.82, 2.24) is 10.2 Å². The number of nitrogens with two attached hydrogens (primary N) is 1. The molecule has 2 heterocycles. The van der Waals surface area contributed by atoms with Gasteiger partial charge in [0.1, 0.15) is 5.84 Å². The van der Waals surface area contributed by atoms with Gasteiger partial charge in [0.15, 0.2) is 5.82 Å². The average molecular weight is 291 g/mol. The fourth-order valence-electron chi connectivity index (χ4n) is 3.02. The summed E-state index contributed by atoms with van der Waals surface area (Å²) in [5.74, 6) is 0.789. The van der Waals surface area contributed by atoms with Crippen molar-refractivity contribution in [2.45, 2.75) is 52.7 Å². The summed E-state index contributed by atoms with van der Waals surface area (Å²) in [5.41, 5.74) is 8.56. The Morgan fingerprint density at radius 1 is 1.24 bits per heavy atom. The Morgan fingerprint density at radius 3 is 2.33 bits per heavy atom. The molecule has 1 fully saturated rings. The Kier molecular flexibility index (Phi) is 4.77.